The highest BCUT2D eigenvalue weighted by Crippen LogP contribution is 2.53. The van der Waals surface area contributed by atoms with E-state index < -0.39 is 37.2 Å². The molecule has 126 valence electrons. The lowest BCUT2D eigenvalue weighted by atomic mass is 10.2. The third-order valence-electron chi connectivity index (χ3n) is 3.20. The zero-order valence-electron chi connectivity index (χ0n) is 12.1. The molecule has 0 saturated carbocycles. The fourth-order valence-corrected chi connectivity index (χ4v) is 2.97. The molecule has 23 heavy (non-hydrogen) atoms. The van der Waals surface area contributed by atoms with E-state index in [-0.39, 0.29) is 25.1 Å². The van der Waals surface area contributed by atoms with Gasteiger partial charge < -0.3 is 20.1 Å². The Hall–Kier alpha value is -0.630. The quantitative estimate of drug-likeness (QED) is 0.480. The lowest BCUT2D eigenvalue weighted by Crippen LogP contribution is -2.33. The molecule has 0 aromatic carbocycles. The van der Waals surface area contributed by atoms with Gasteiger partial charge in [-0.1, -0.05) is 29.7 Å². The number of H-pyrrole nitrogens is 1. The van der Waals surface area contributed by atoms with Crippen molar-refractivity contribution in [3.63, 3.8) is 0 Å². The normalized spacial score (nSPS) is 23.8. The fraction of sp³-hybridized carbons (Fsp3) is 0.500. The molecular formula is C12H18N3O5P3. The van der Waals surface area contributed by atoms with Gasteiger partial charge in [-0.15, -0.1) is 0 Å². The van der Waals surface area contributed by atoms with Crippen LogP contribution in [-0.2, 0) is 9.26 Å². The number of rotatable bonds is 4. The zero-order valence-corrected chi connectivity index (χ0v) is 15.3. The number of hydrogen-bond donors (Lipinski definition) is 3. The maximum Gasteiger partial charge on any atom is 0.330 e. The minimum atomic E-state index is -0.762. The van der Waals surface area contributed by atoms with Gasteiger partial charge in [0.1, 0.15) is 17.9 Å². The molecule has 0 bridgehead atoms. The van der Waals surface area contributed by atoms with Crippen LogP contribution in [0.5, 0.6) is 0 Å². The van der Waals surface area contributed by atoms with Gasteiger partial charge in [-0.05, 0) is 0 Å². The van der Waals surface area contributed by atoms with Crippen molar-refractivity contribution >= 4 is 25.4 Å². The third-order valence-corrected chi connectivity index (χ3v) is 4.54. The SMILES string of the molecule is NCC#Cc1cn(C2CC(O)C(COP(P)P)O2)c(=O)[nH]c1=O. The molecule has 5 atom stereocenters. The number of aromatic amines is 1. The van der Waals surface area contributed by atoms with Gasteiger partial charge in [-0.3, -0.25) is 14.3 Å². The van der Waals surface area contributed by atoms with Crippen LogP contribution in [-0.4, -0.2) is 40.0 Å². The fourth-order valence-electron chi connectivity index (χ4n) is 2.13. The van der Waals surface area contributed by atoms with Crippen molar-refractivity contribution in [2.24, 2.45) is 5.73 Å². The molecule has 5 unspecified atom stereocenters. The maximum absolute atomic E-state index is 12.0. The van der Waals surface area contributed by atoms with E-state index in [4.69, 9.17) is 15.0 Å². The molecule has 2 heterocycles. The number of aliphatic hydroxyl groups is 1. The molecule has 0 radical (unpaired) electrons. The summed E-state index contributed by atoms with van der Waals surface area (Å²) in [5.41, 5.74) is 4.20. The Morgan fingerprint density at radius 2 is 2.30 bits per heavy atom. The average Bonchev–Trinajstić information content (AvgIpc) is 2.85. The molecule has 1 aromatic heterocycles. The van der Waals surface area contributed by atoms with Crippen molar-refractivity contribution in [1.29, 1.82) is 0 Å². The molecular weight excluding hydrogens is 359 g/mol. The monoisotopic (exact) mass is 377 g/mol. The van der Waals surface area contributed by atoms with E-state index in [0.29, 0.717) is 0 Å². The van der Waals surface area contributed by atoms with E-state index in [9.17, 15) is 14.7 Å². The highest BCUT2D eigenvalue weighted by molar-refractivity contribution is 8.41. The van der Waals surface area contributed by atoms with Gasteiger partial charge >= 0.3 is 5.69 Å². The second-order valence-electron chi connectivity index (χ2n) is 4.80. The molecule has 2 rings (SSSR count). The first kappa shape index (κ1) is 18.7. The van der Waals surface area contributed by atoms with Gasteiger partial charge in [0.05, 0.1) is 26.8 Å². The van der Waals surface area contributed by atoms with E-state index >= 15 is 0 Å². The van der Waals surface area contributed by atoms with E-state index in [2.05, 4.69) is 34.7 Å². The van der Waals surface area contributed by atoms with E-state index in [1.807, 2.05) is 0 Å². The molecule has 1 fully saturated rings. The molecule has 1 saturated heterocycles. The smallest absolute Gasteiger partial charge is 0.330 e. The summed E-state index contributed by atoms with van der Waals surface area (Å²) in [5.74, 6) is 5.16. The second kappa shape index (κ2) is 8.46. The largest absolute Gasteiger partial charge is 0.390 e. The summed E-state index contributed by atoms with van der Waals surface area (Å²) in [6.45, 7) is 0.317. The van der Waals surface area contributed by atoms with Crippen molar-refractivity contribution in [3.05, 3.63) is 32.6 Å². The van der Waals surface area contributed by atoms with Gasteiger partial charge in [-0.2, -0.15) is 0 Å². The van der Waals surface area contributed by atoms with E-state index in [1.165, 1.54) is 10.8 Å². The Morgan fingerprint density at radius 1 is 1.57 bits per heavy atom. The lowest BCUT2D eigenvalue weighted by Gasteiger charge is -2.17. The van der Waals surface area contributed by atoms with Crippen LogP contribution in [0.3, 0.4) is 0 Å². The second-order valence-corrected chi connectivity index (χ2v) is 10.6. The third kappa shape index (κ3) is 4.92. The van der Waals surface area contributed by atoms with Gasteiger partial charge in [0.25, 0.3) is 5.56 Å². The van der Waals surface area contributed by atoms with Crippen LogP contribution < -0.4 is 17.0 Å². The zero-order chi connectivity index (χ0) is 17.0. The molecule has 1 aliphatic heterocycles. The molecule has 4 N–H and O–H groups in total. The number of nitrogens with one attached hydrogen (secondary N) is 1. The summed E-state index contributed by atoms with van der Waals surface area (Å²) in [7, 11) is 4.29. The predicted molar refractivity (Wildman–Crippen MR) is 94.1 cm³/mol. The molecule has 8 nitrogen and oxygen atoms in total. The molecule has 11 heteroatoms. The Kier molecular flexibility index (Phi) is 6.88. The molecule has 0 aliphatic carbocycles. The summed E-state index contributed by atoms with van der Waals surface area (Å²) >= 11 is 0. The first-order valence-electron chi connectivity index (χ1n) is 6.72. The van der Waals surface area contributed by atoms with Gasteiger partial charge in [0, 0.05) is 12.6 Å². The van der Waals surface area contributed by atoms with Gasteiger partial charge in [-0.25, -0.2) is 4.79 Å². The van der Waals surface area contributed by atoms with Crippen molar-refractivity contribution < 1.29 is 14.4 Å². The first-order valence-corrected chi connectivity index (χ1v) is 11.2. The number of nitrogens with two attached hydrogens (primary N) is 1. The Labute approximate surface area is 138 Å². The Bertz CT molecular complexity index is 723. The van der Waals surface area contributed by atoms with Crippen LogP contribution in [0.25, 0.3) is 0 Å². The summed E-state index contributed by atoms with van der Waals surface area (Å²) in [6.07, 6.45) is -0.453. The molecule has 1 aliphatic rings. The number of hydrogen-bond acceptors (Lipinski definition) is 6. The predicted octanol–water partition coefficient (Wildman–Crippen LogP) is -0.511. The summed E-state index contributed by atoms with van der Waals surface area (Å²) in [4.78, 5) is 25.9. The maximum atomic E-state index is 12.0. The molecule has 1 aromatic rings. The minimum Gasteiger partial charge on any atom is -0.390 e. The van der Waals surface area contributed by atoms with Crippen LogP contribution in [0, 0.1) is 11.8 Å². The van der Waals surface area contributed by atoms with E-state index in [1.54, 1.807) is 0 Å². The van der Waals surface area contributed by atoms with Crippen molar-refractivity contribution in [3.8, 4) is 11.8 Å². The first-order chi connectivity index (χ1) is 10.9. The number of aliphatic hydroxyl groups excluding tert-OH is 1. The number of ether oxygens (including phenoxy) is 1. The summed E-state index contributed by atoms with van der Waals surface area (Å²) in [6, 6.07) is 0. The Morgan fingerprint density at radius 3 is 2.96 bits per heavy atom. The number of aromatic nitrogens is 2. The highest BCUT2D eigenvalue weighted by atomic mass is 32.4. The minimum absolute atomic E-state index is 0.101. The standard InChI is InChI=1S/C12H18N3O5P3/c13-3-1-2-7-5-15(12(18)14-11(7)17)10-4-8(16)9(20-10)6-19-23(21)22/h5,8-10,16H,3-4,6,13,21-22H2,(H,14,17,18). The van der Waals surface area contributed by atoms with Crippen LogP contribution in [0.1, 0.15) is 18.2 Å². The van der Waals surface area contributed by atoms with Crippen LogP contribution in [0.2, 0.25) is 0 Å². The van der Waals surface area contributed by atoms with Crippen LogP contribution >= 0.6 is 25.4 Å². The van der Waals surface area contributed by atoms with Crippen molar-refractivity contribution in [2.75, 3.05) is 13.2 Å². The van der Waals surface area contributed by atoms with Crippen LogP contribution in [0.15, 0.2) is 15.8 Å². The number of nitrogens with zero attached hydrogens (tertiary/aromatic N) is 1. The lowest BCUT2D eigenvalue weighted by molar-refractivity contribution is -0.0386. The van der Waals surface area contributed by atoms with Crippen molar-refractivity contribution in [1.82, 2.24) is 9.55 Å². The van der Waals surface area contributed by atoms with Gasteiger partial charge in [0.15, 0.2) is 0 Å². The Balaban J connectivity index is 2.22. The van der Waals surface area contributed by atoms with Crippen molar-refractivity contribution in [2.45, 2.75) is 24.9 Å². The van der Waals surface area contributed by atoms with E-state index in [0.717, 1.165) is 0 Å². The topological polar surface area (TPSA) is 120 Å². The summed E-state index contributed by atoms with van der Waals surface area (Å²) < 4.78 is 12.3. The average molecular weight is 377 g/mol. The van der Waals surface area contributed by atoms with Crippen LogP contribution in [0.4, 0.5) is 0 Å². The highest BCUT2D eigenvalue weighted by Gasteiger charge is 2.36. The van der Waals surface area contributed by atoms with Gasteiger partial charge in [0.2, 0.25) is 0 Å². The summed E-state index contributed by atoms with van der Waals surface area (Å²) in [5, 5.41) is 10.0. The molecule has 0 spiro atoms. The molecule has 0 amide bonds.